The van der Waals surface area contributed by atoms with E-state index in [-0.39, 0.29) is 11.5 Å². The number of nitriles is 3. The number of nitrogens with two attached hydrogens (primary N) is 1. The lowest BCUT2D eigenvalue weighted by atomic mass is 9.80. The fourth-order valence-electron chi connectivity index (χ4n) is 1.99. The Bertz CT molecular complexity index is 676. The average Bonchev–Trinajstić information content (AvgIpc) is 2.40. The largest absolute Gasteiger partial charge is 0.440 e. The third kappa shape index (κ3) is 2.12. The SMILES string of the molecule is N#CC1=C(N)Oc2ccc(Br)cc2C1C(C#N)C#N. The van der Waals surface area contributed by atoms with E-state index < -0.39 is 11.8 Å². The number of nitrogens with zero attached hydrogens (tertiary/aromatic N) is 3. The van der Waals surface area contributed by atoms with Gasteiger partial charge in [-0.15, -0.1) is 0 Å². The second kappa shape index (κ2) is 5.02. The predicted molar refractivity (Wildman–Crippen MR) is 69.1 cm³/mol. The van der Waals surface area contributed by atoms with Crippen LogP contribution < -0.4 is 10.5 Å². The van der Waals surface area contributed by atoms with E-state index in [0.717, 1.165) is 4.47 Å². The molecule has 5 nitrogen and oxygen atoms in total. The zero-order chi connectivity index (χ0) is 14.0. The molecule has 1 aromatic carbocycles. The van der Waals surface area contributed by atoms with Gasteiger partial charge in [0.1, 0.15) is 17.7 Å². The molecular formula is C13H7BrN4O. The fourth-order valence-corrected chi connectivity index (χ4v) is 2.37. The summed E-state index contributed by atoms with van der Waals surface area (Å²) < 4.78 is 6.13. The highest BCUT2D eigenvalue weighted by atomic mass is 79.9. The Morgan fingerprint density at radius 1 is 1.26 bits per heavy atom. The third-order valence-corrected chi connectivity index (χ3v) is 3.33. The molecule has 0 fully saturated rings. The molecule has 1 unspecified atom stereocenters. The zero-order valence-electron chi connectivity index (χ0n) is 9.59. The highest BCUT2D eigenvalue weighted by molar-refractivity contribution is 9.10. The molecule has 1 heterocycles. The average molecular weight is 315 g/mol. The van der Waals surface area contributed by atoms with Crippen molar-refractivity contribution in [1.82, 2.24) is 0 Å². The normalized spacial score (nSPS) is 16.9. The molecule has 1 aromatic rings. The van der Waals surface area contributed by atoms with Crippen LogP contribution in [0.3, 0.4) is 0 Å². The summed E-state index contributed by atoms with van der Waals surface area (Å²) in [5.41, 5.74) is 6.40. The number of hydrogen-bond acceptors (Lipinski definition) is 5. The van der Waals surface area contributed by atoms with Crippen molar-refractivity contribution in [3.8, 4) is 24.0 Å². The number of rotatable bonds is 1. The number of ether oxygens (including phenoxy) is 1. The van der Waals surface area contributed by atoms with Gasteiger partial charge in [-0.05, 0) is 18.2 Å². The lowest BCUT2D eigenvalue weighted by molar-refractivity contribution is 0.383. The summed E-state index contributed by atoms with van der Waals surface area (Å²) in [6.45, 7) is 0. The van der Waals surface area contributed by atoms with E-state index in [9.17, 15) is 0 Å². The fraction of sp³-hybridized carbons (Fsp3) is 0.154. The number of halogens is 1. The number of benzene rings is 1. The summed E-state index contributed by atoms with van der Waals surface area (Å²) >= 11 is 3.32. The van der Waals surface area contributed by atoms with E-state index in [1.54, 1.807) is 18.2 Å². The van der Waals surface area contributed by atoms with Gasteiger partial charge in [0.2, 0.25) is 5.88 Å². The van der Waals surface area contributed by atoms with Crippen LogP contribution >= 0.6 is 15.9 Å². The van der Waals surface area contributed by atoms with Crippen LogP contribution in [0.25, 0.3) is 0 Å². The first kappa shape index (κ1) is 13.0. The van der Waals surface area contributed by atoms with Crippen molar-refractivity contribution >= 4 is 15.9 Å². The van der Waals surface area contributed by atoms with E-state index in [4.69, 9.17) is 26.3 Å². The van der Waals surface area contributed by atoms with Gasteiger partial charge in [-0.2, -0.15) is 15.8 Å². The summed E-state index contributed by atoms with van der Waals surface area (Å²) in [4.78, 5) is 0. The Morgan fingerprint density at radius 2 is 1.95 bits per heavy atom. The standard InChI is InChI=1S/C13H7BrN4O/c14-8-1-2-11-9(3-8)12(7(4-15)5-16)10(6-17)13(18)19-11/h1-3,7,12H,18H2. The molecule has 92 valence electrons. The molecule has 1 atom stereocenters. The second-order valence-electron chi connectivity index (χ2n) is 3.89. The first-order valence-corrected chi connectivity index (χ1v) is 6.08. The minimum Gasteiger partial charge on any atom is -0.440 e. The molecule has 0 aromatic heterocycles. The smallest absolute Gasteiger partial charge is 0.205 e. The van der Waals surface area contributed by atoms with Gasteiger partial charge in [0.25, 0.3) is 0 Å². The van der Waals surface area contributed by atoms with Crippen LogP contribution in [-0.2, 0) is 0 Å². The number of fused-ring (bicyclic) bond motifs is 1. The summed E-state index contributed by atoms with van der Waals surface area (Å²) in [7, 11) is 0. The zero-order valence-corrected chi connectivity index (χ0v) is 11.2. The third-order valence-electron chi connectivity index (χ3n) is 2.84. The Kier molecular flexibility index (Phi) is 3.42. The van der Waals surface area contributed by atoms with E-state index in [1.807, 2.05) is 18.2 Å². The van der Waals surface area contributed by atoms with Gasteiger partial charge in [-0.3, -0.25) is 0 Å². The van der Waals surface area contributed by atoms with Crippen LogP contribution in [-0.4, -0.2) is 0 Å². The van der Waals surface area contributed by atoms with Crippen LogP contribution in [0.15, 0.2) is 34.1 Å². The highest BCUT2D eigenvalue weighted by Gasteiger charge is 2.35. The highest BCUT2D eigenvalue weighted by Crippen LogP contribution is 2.42. The molecule has 1 aliphatic rings. The van der Waals surface area contributed by atoms with Crippen LogP contribution in [0.5, 0.6) is 5.75 Å². The molecule has 2 rings (SSSR count). The lowest BCUT2D eigenvalue weighted by Gasteiger charge is -2.26. The molecule has 6 heteroatoms. The van der Waals surface area contributed by atoms with E-state index in [2.05, 4.69) is 15.9 Å². The van der Waals surface area contributed by atoms with Crippen LogP contribution in [0.1, 0.15) is 11.5 Å². The van der Waals surface area contributed by atoms with Gasteiger partial charge < -0.3 is 10.5 Å². The van der Waals surface area contributed by atoms with Crippen molar-refractivity contribution in [3.05, 3.63) is 39.7 Å². The lowest BCUT2D eigenvalue weighted by Crippen LogP contribution is -2.24. The molecule has 0 aliphatic carbocycles. The van der Waals surface area contributed by atoms with Gasteiger partial charge in [-0.1, -0.05) is 15.9 Å². The monoisotopic (exact) mass is 314 g/mol. The maximum Gasteiger partial charge on any atom is 0.205 e. The molecule has 0 saturated carbocycles. The van der Waals surface area contributed by atoms with E-state index in [1.165, 1.54) is 0 Å². The molecule has 0 amide bonds. The Labute approximate surface area is 118 Å². The van der Waals surface area contributed by atoms with Gasteiger partial charge in [0, 0.05) is 10.0 Å². The van der Waals surface area contributed by atoms with Crippen LogP contribution in [0.4, 0.5) is 0 Å². The molecule has 19 heavy (non-hydrogen) atoms. The van der Waals surface area contributed by atoms with Crippen molar-refractivity contribution < 1.29 is 4.74 Å². The maximum atomic E-state index is 9.17. The number of hydrogen-bond donors (Lipinski definition) is 1. The minimum absolute atomic E-state index is 0.0576. The number of allylic oxidation sites excluding steroid dienone is 1. The van der Waals surface area contributed by atoms with Crippen molar-refractivity contribution in [3.63, 3.8) is 0 Å². The Hall–Kier alpha value is -2.49. The molecule has 0 bridgehead atoms. The van der Waals surface area contributed by atoms with Crippen LogP contribution in [0, 0.1) is 39.9 Å². The van der Waals surface area contributed by atoms with Crippen LogP contribution in [0.2, 0.25) is 0 Å². The van der Waals surface area contributed by atoms with Gasteiger partial charge in [-0.25, -0.2) is 0 Å². The predicted octanol–water partition coefficient (Wildman–Crippen LogP) is 2.28. The van der Waals surface area contributed by atoms with Crippen molar-refractivity contribution in [1.29, 1.82) is 15.8 Å². The molecule has 1 aliphatic heterocycles. The second-order valence-corrected chi connectivity index (χ2v) is 4.80. The first-order chi connectivity index (χ1) is 9.12. The topological polar surface area (TPSA) is 107 Å². The summed E-state index contributed by atoms with van der Waals surface area (Å²) in [5.74, 6) is -1.29. The van der Waals surface area contributed by atoms with Gasteiger partial charge >= 0.3 is 0 Å². The maximum absolute atomic E-state index is 9.17. The first-order valence-electron chi connectivity index (χ1n) is 5.28. The van der Waals surface area contributed by atoms with Crippen molar-refractivity contribution in [2.24, 2.45) is 11.7 Å². The summed E-state index contributed by atoms with van der Waals surface area (Å²) in [6.07, 6.45) is 0. The molecule has 0 spiro atoms. The van der Waals surface area contributed by atoms with Gasteiger partial charge in [0.15, 0.2) is 0 Å². The Balaban J connectivity index is 2.68. The quantitative estimate of drug-likeness (QED) is 0.855. The Morgan fingerprint density at radius 3 is 2.53 bits per heavy atom. The summed E-state index contributed by atoms with van der Waals surface area (Å²) in [5, 5.41) is 27.3. The van der Waals surface area contributed by atoms with E-state index >= 15 is 0 Å². The molecule has 2 N–H and O–H groups in total. The van der Waals surface area contributed by atoms with Crippen molar-refractivity contribution in [2.75, 3.05) is 0 Å². The minimum atomic E-state index is -0.995. The summed E-state index contributed by atoms with van der Waals surface area (Å²) in [6, 6.07) is 10.9. The molecule has 0 saturated heterocycles. The molecule has 0 radical (unpaired) electrons. The molecular weight excluding hydrogens is 308 g/mol. The van der Waals surface area contributed by atoms with Gasteiger partial charge in [0.05, 0.1) is 23.6 Å². The van der Waals surface area contributed by atoms with Crippen molar-refractivity contribution in [2.45, 2.75) is 5.92 Å². The van der Waals surface area contributed by atoms with E-state index in [0.29, 0.717) is 11.3 Å².